The van der Waals surface area contributed by atoms with Crippen molar-refractivity contribution in [3.05, 3.63) is 11.4 Å². The number of rotatable bonds is 5. The van der Waals surface area contributed by atoms with Crippen LogP contribution in [0.2, 0.25) is 0 Å². The summed E-state index contributed by atoms with van der Waals surface area (Å²) in [6, 6.07) is 0.375. The van der Waals surface area contributed by atoms with E-state index in [1.807, 2.05) is 6.92 Å². The van der Waals surface area contributed by atoms with E-state index in [1.165, 1.54) is 0 Å². The molecule has 1 aromatic rings. The lowest BCUT2D eigenvalue weighted by Gasteiger charge is -2.24. The second-order valence-corrected chi connectivity index (χ2v) is 6.81. The first-order chi connectivity index (χ1) is 9.63. The summed E-state index contributed by atoms with van der Waals surface area (Å²) in [5, 5.41) is 6.81. The molecule has 0 aromatic carbocycles. The van der Waals surface area contributed by atoms with Gasteiger partial charge in [-0.3, -0.25) is 4.21 Å². The number of hydrogen-bond acceptors (Lipinski definition) is 5. The Morgan fingerprint density at radius 2 is 1.85 bits per heavy atom. The van der Waals surface area contributed by atoms with Crippen LogP contribution in [0.25, 0.3) is 0 Å². The Bertz CT molecular complexity index is 482. The highest BCUT2D eigenvalue weighted by Crippen LogP contribution is 2.23. The molecule has 1 aliphatic heterocycles. The van der Waals surface area contributed by atoms with Gasteiger partial charge in [0, 0.05) is 46.9 Å². The molecule has 0 bridgehead atoms. The highest BCUT2D eigenvalue weighted by molar-refractivity contribution is 7.85. The molecular formula is C14H24N4OS. The number of nitrogens with one attached hydrogen (secondary N) is 2. The molecule has 0 spiro atoms. The van der Waals surface area contributed by atoms with Crippen molar-refractivity contribution >= 4 is 22.4 Å². The normalized spacial score (nSPS) is 22.6. The highest BCUT2D eigenvalue weighted by atomic mass is 32.2. The minimum Gasteiger partial charge on any atom is -0.370 e. The largest absolute Gasteiger partial charge is 0.370 e. The standard InChI is InChI=1S/C14H24N4OS/c1-4-12-17-13(15-5-2)10(3)14(18-12)16-11-6-8-20(19)9-7-11/h11H,4-9H2,1-3H3,(H2,15,16,17,18). The van der Waals surface area contributed by atoms with Crippen molar-refractivity contribution in [3.8, 4) is 0 Å². The molecule has 20 heavy (non-hydrogen) atoms. The van der Waals surface area contributed by atoms with Gasteiger partial charge in [-0.1, -0.05) is 6.92 Å². The van der Waals surface area contributed by atoms with Crippen LogP contribution in [0, 0.1) is 6.92 Å². The quantitative estimate of drug-likeness (QED) is 0.871. The predicted molar refractivity (Wildman–Crippen MR) is 84.8 cm³/mol. The van der Waals surface area contributed by atoms with Crippen molar-refractivity contribution < 1.29 is 4.21 Å². The Morgan fingerprint density at radius 1 is 1.20 bits per heavy atom. The van der Waals surface area contributed by atoms with Gasteiger partial charge in [-0.15, -0.1) is 0 Å². The van der Waals surface area contributed by atoms with Crippen LogP contribution in [-0.4, -0.2) is 38.3 Å². The molecule has 0 radical (unpaired) electrons. The van der Waals surface area contributed by atoms with Gasteiger partial charge in [-0.05, 0) is 26.7 Å². The second-order valence-electron chi connectivity index (χ2n) is 5.11. The van der Waals surface area contributed by atoms with E-state index in [0.29, 0.717) is 6.04 Å². The fourth-order valence-electron chi connectivity index (χ4n) is 2.33. The minimum atomic E-state index is -0.623. The second kappa shape index (κ2) is 7.02. The molecule has 0 aliphatic carbocycles. The first-order valence-corrected chi connectivity index (χ1v) is 8.85. The molecule has 2 N–H and O–H groups in total. The molecule has 0 amide bonds. The van der Waals surface area contributed by atoms with E-state index in [9.17, 15) is 4.21 Å². The van der Waals surface area contributed by atoms with Gasteiger partial charge in [0.1, 0.15) is 17.5 Å². The maximum absolute atomic E-state index is 11.4. The van der Waals surface area contributed by atoms with Crippen molar-refractivity contribution in [1.82, 2.24) is 9.97 Å². The lowest BCUT2D eigenvalue weighted by atomic mass is 10.1. The van der Waals surface area contributed by atoms with Crippen molar-refractivity contribution in [3.63, 3.8) is 0 Å². The molecule has 6 heteroatoms. The summed E-state index contributed by atoms with van der Waals surface area (Å²) < 4.78 is 11.4. The number of aromatic nitrogens is 2. The molecule has 112 valence electrons. The van der Waals surface area contributed by atoms with Gasteiger partial charge in [0.15, 0.2) is 0 Å². The van der Waals surface area contributed by atoms with Crippen molar-refractivity contribution in [2.24, 2.45) is 0 Å². The Balaban J connectivity index is 2.17. The summed E-state index contributed by atoms with van der Waals surface area (Å²) in [7, 11) is -0.623. The average molecular weight is 296 g/mol. The molecule has 1 saturated heterocycles. The van der Waals surface area contributed by atoms with Gasteiger partial charge in [0.2, 0.25) is 0 Å². The van der Waals surface area contributed by atoms with Crippen LogP contribution < -0.4 is 10.6 Å². The number of hydrogen-bond donors (Lipinski definition) is 2. The van der Waals surface area contributed by atoms with E-state index in [-0.39, 0.29) is 0 Å². The summed E-state index contributed by atoms with van der Waals surface area (Å²) in [6.07, 6.45) is 2.73. The third-order valence-corrected chi connectivity index (χ3v) is 4.96. The molecular weight excluding hydrogens is 272 g/mol. The summed E-state index contributed by atoms with van der Waals surface area (Å²) in [5.74, 6) is 4.28. The lowest BCUT2D eigenvalue weighted by molar-refractivity contribution is 0.621. The van der Waals surface area contributed by atoms with Gasteiger partial charge >= 0.3 is 0 Å². The van der Waals surface area contributed by atoms with Gasteiger partial charge < -0.3 is 10.6 Å². The third-order valence-electron chi connectivity index (χ3n) is 3.58. The van der Waals surface area contributed by atoms with E-state index >= 15 is 0 Å². The Morgan fingerprint density at radius 3 is 2.45 bits per heavy atom. The van der Waals surface area contributed by atoms with Crippen LogP contribution in [0.4, 0.5) is 11.6 Å². The molecule has 0 unspecified atom stereocenters. The van der Waals surface area contributed by atoms with E-state index in [4.69, 9.17) is 0 Å². The zero-order valence-electron chi connectivity index (χ0n) is 12.5. The van der Waals surface area contributed by atoms with Gasteiger partial charge in [0.25, 0.3) is 0 Å². The van der Waals surface area contributed by atoms with Crippen LogP contribution in [-0.2, 0) is 17.2 Å². The van der Waals surface area contributed by atoms with Crippen molar-refractivity contribution in [1.29, 1.82) is 0 Å². The van der Waals surface area contributed by atoms with E-state index in [1.54, 1.807) is 0 Å². The fraction of sp³-hybridized carbons (Fsp3) is 0.714. The summed E-state index contributed by atoms with van der Waals surface area (Å²) in [5.41, 5.74) is 1.07. The van der Waals surface area contributed by atoms with E-state index < -0.39 is 10.8 Å². The van der Waals surface area contributed by atoms with Crippen LogP contribution in [0.15, 0.2) is 0 Å². The summed E-state index contributed by atoms with van der Waals surface area (Å²) >= 11 is 0. The average Bonchev–Trinajstić information content (AvgIpc) is 2.45. The Hall–Kier alpha value is -1.17. The van der Waals surface area contributed by atoms with Gasteiger partial charge in [0.05, 0.1) is 0 Å². The smallest absolute Gasteiger partial charge is 0.134 e. The number of aryl methyl sites for hydroxylation is 1. The maximum atomic E-state index is 11.4. The van der Waals surface area contributed by atoms with Crippen LogP contribution in [0.3, 0.4) is 0 Å². The molecule has 1 aromatic heterocycles. The fourth-order valence-corrected chi connectivity index (χ4v) is 3.63. The van der Waals surface area contributed by atoms with E-state index in [0.717, 1.165) is 60.3 Å². The molecule has 2 rings (SSSR count). The minimum absolute atomic E-state index is 0.375. The number of anilines is 2. The molecule has 0 saturated carbocycles. The molecule has 2 heterocycles. The van der Waals surface area contributed by atoms with Crippen LogP contribution >= 0.6 is 0 Å². The zero-order chi connectivity index (χ0) is 14.5. The van der Waals surface area contributed by atoms with Gasteiger partial charge in [-0.25, -0.2) is 9.97 Å². The van der Waals surface area contributed by atoms with E-state index in [2.05, 4.69) is 34.4 Å². The first-order valence-electron chi connectivity index (χ1n) is 7.36. The van der Waals surface area contributed by atoms with Crippen molar-refractivity contribution in [2.75, 3.05) is 28.7 Å². The Labute approximate surface area is 123 Å². The number of nitrogens with zero attached hydrogens (tertiary/aromatic N) is 2. The van der Waals surface area contributed by atoms with Crippen LogP contribution in [0.1, 0.15) is 38.1 Å². The van der Waals surface area contributed by atoms with Gasteiger partial charge in [-0.2, -0.15) is 0 Å². The summed E-state index contributed by atoms with van der Waals surface area (Å²) in [6.45, 7) is 7.02. The van der Waals surface area contributed by atoms with Crippen molar-refractivity contribution in [2.45, 2.75) is 46.1 Å². The highest BCUT2D eigenvalue weighted by Gasteiger charge is 2.19. The first kappa shape index (κ1) is 15.2. The van der Waals surface area contributed by atoms with Crippen LogP contribution in [0.5, 0.6) is 0 Å². The molecule has 1 aliphatic rings. The molecule has 1 fully saturated rings. The monoisotopic (exact) mass is 296 g/mol. The summed E-state index contributed by atoms with van der Waals surface area (Å²) in [4.78, 5) is 9.14. The lowest BCUT2D eigenvalue weighted by Crippen LogP contribution is -2.30. The molecule has 5 nitrogen and oxygen atoms in total. The third kappa shape index (κ3) is 3.69. The Kier molecular flexibility index (Phi) is 5.34. The zero-order valence-corrected chi connectivity index (χ0v) is 13.3. The topological polar surface area (TPSA) is 66.9 Å². The maximum Gasteiger partial charge on any atom is 0.134 e. The molecule has 0 atom stereocenters. The SMILES string of the molecule is CCNc1nc(CC)nc(NC2CCS(=O)CC2)c1C. The predicted octanol–water partition coefficient (Wildman–Crippen LogP) is 2.10.